The Labute approximate surface area is 141 Å². The summed E-state index contributed by atoms with van der Waals surface area (Å²) in [5, 5.41) is 4.70. The highest BCUT2D eigenvalue weighted by molar-refractivity contribution is 5.92. The summed E-state index contributed by atoms with van der Waals surface area (Å²) in [5.74, 6) is -0.356. The lowest BCUT2D eigenvalue weighted by Crippen LogP contribution is -2.13. The van der Waals surface area contributed by atoms with Crippen LogP contribution >= 0.6 is 0 Å². The van der Waals surface area contributed by atoms with E-state index < -0.39 is 0 Å². The van der Waals surface area contributed by atoms with Gasteiger partial charge in [0.2, 0.25) is 0 Å². The Bertz CT molecular complexity index is 849. The Kier molecular flexibility index (Phi) is 4.47. The van der Waals surface area contributed by atoms with Crippen molar-refractivity contribution < 1.29 is 9.53 Å². The number of benzene rings is 2. The monoisotopic (exact) mass is 320 g/mol. The molecular weight excluding hydrogens is 300 g/mol. The van der Waals surface area contributed by atoms with Crippen LogP contribution in [-0.4, -0.2) is 22.4 Å². The maximum Gasteiger partial charge on any atom is 0.357 e. The molecule has 0 spiro atoms. The summed E-state index contributed by atoms with van der Waals surface area (Å²) in [5.41, 5.74) is 5.06. The number of aryl methyl sites for hydroxylation is 1. The molecule has 122 valence electrons. The number of hydrogen-bond donors (Lipinski definition) is 0. The quantitative estimate of drug-likeness (QED) is 0.672. The molecule has 0 aliphatic rings. The molecule has 1 heterocycles. The van der Waals surface area contributed by atoms with E-state index in [1.165, 1.54) is 0 Å². The average molecular weight is 320 g/mol. The lowest BCUT2D eigenvalue weighted by atomic mass is 10.1. The summed E-state index contributed by atoms with van der Waals surface area (Å²) in [6.07, 6.45) is 0. The molecule has 0 fully saturated rings. The summed E-state index contributed by atoms with van der Waals surface area (Å²) in [6.45, 7) is 6.07. The van der Waals surface area contributed by atoms with Crippen LogP contribution < -0.4 is 0 Å². The SMILES string of the molecule is CCOC(=O)c1c(C)c(-c2ccccc2)nn1-c1ccc(C)cc1. The van der Waals surface area contributed by atoms with Gasteiger partial charge in [0.25, 0.3) is 0 Å². The van der Waals surface area contributed by atoms with E-state index in [2.05, 4.69) is 0 Å². The van der Waals surface area contributed by atoms with Crippen LogP contribution in [0.25, 0.3) is 16.9 Å². The van der Waals surface area contributed by atoms with E-state index in [1.54, 1.807) is 11.6 Å². The van der Waals surface area contributed by atoms with Gasteiger partial charge in [-0.15, -0.1) is 0 Å². The fraction of sp³-hybridized carbons (Fsp3) is 0.200. The fourth-order valence-corrected chi connectivity index (χ4v) is 2.68. The van der Waals surface area contributed by atoms with Crippen LogP contribution in [0, 0.1) is 13.8 Å². The summed E-state index contributed by atoms with van der Waals surface area (Å²) in [4.78, 5) is 12.5. The van der Waals surface area contributed by atoms with Crippen molar-refractivity contribution in [3.05, 3.63) is 71.4 Å². The number of rotatable bonds is 4. The predicted octanol–water partition coefficient (Wildman–Crippen LogP) is 4.33. The van der Waals surface area contributed by atoms with Gasteiger partial charge in [-0.2, -0.15) is 5.10 Å². The third-order valence-corrected chi connectivity index (χ3v) is 3.92. The number of hydrogen-bond acceptors (Lipinski definition) is 3. The van der Waals surface area contributed by atoms with E-state index in [-0.39, 0.29) is 5.97 Å². The third-order valence-electron chi connectivity index (χ3n) is 3.92. The van der Waals surface area contributed by atoms with Gasteiger partial charge in [-0.1, -0.05) is 48.0 Å². The van der Waals surface area contributed by atoms with Crippen LogP contribution in [0.3, 0.4) is 0 Å². The zero-order chi connectivity index (χ0) is 17.1. The van der Waals surface area contributed by atoms with Crippen LogP contribution in [0.2, 0.25) is 0 Å². The van der Waals surface area contributed by atoms with Gasteiger partial charge in [0, 0.05) is 11.1 Å². The van der Waals surface area contributed by atoms with Gasteiger partial charge in [-0.25, -0.2) is 9.48 Å². The van der Waals surface area contributed by atoms with Crippen molar-refractivity contribution in [1.82, 2.24) is 9.78 Å². The average Bonchev–Trinajstić information content (AvgIpc) is 2.94. The second-order valence-corrected chi connectivity index (χ2v) is 5.66. The van der Waals surface area contributed by atoms with E-state index in [9.17, 15) is 4.79 Å². The zero-order valence-corrected chi connectivity index (χ0v) is 14.1. The van der Waals surface area contributed by atoms with E-state index in [1.807, 2.05) is 68.4 Å². The molecule has 0 amide bonds. The maximum absolute atomic E-state index is 12.5. The molecule has 4 heteroatoms. The summed E-state index contributed by atoms with van der Waals surface area (Å²) in [6, 6.07) is 17.8. The molecule has 0 atom stereocenters. The summed E-state index contributed by atoms with van der Waals surface area (Å²) in [7, 11) is 0. The maximum atomic E-state index is 12.5. The van der Waals surface area contributed by atoms with Gasteiger partial charge in [-0.05, 0) is 32.9 Å². The molecule has 0 aliphatic heterocycles. The van der Waals surface area contributed by atoms with Crippen molar-refractivity contribution in [3.8, 4) is 16.9 Å². The molecule has 3 rings (SSSR count). The van der Waals surface area contributed by atoms with Crippen molar-refractivity contribution in [2.45, 2.75) is 20.8 Å². The first-order valence-corrected chi connectivity index (χ1v) is 8.01. The largest absolute Gasteiger partial charge is 0.461 e. The smallest absolute Gasteiger partial charge is 0.357 e. The lowest BCUT2D eigenvalue weighted by Gasteiger charge is -2.08. The van der Waals surface area contributed by atoms with Crippen molar-refractivity contribution in [3.63, 3.8) is 0 Å². The van der Waals surface area contributed by atoms with Gasteiger partial charge in [0.05, 0.1) is 18.0 Å². The Morgan fingerprint density at radius 2 is 1.71 bits per heavy atom. The normalized spacial score (nSPS) is 10.6. The predicted molar refractivity (Wildman–Crippen MR) is 94.4 cm³/mol. The highest BCUT2D eigenvalue weighted by Crippen LogP contribution is 2.27. The van der Waals surface area contributed by atoms with Gasteiger partial charge < -0.3 is 4.74 Å². The molecule has 0 radical (unpaired) electrons. The highest BCUT2D eigenvalue weighted by Gasteiger charge is 2.23. The van der Waals surface area contributed by atoms with Gasteiger partial charge in [0.1, 0.15) is 0 Å². The molecule has 0 unspecified atom stereocenters. The molecule has 0 saturated carbocycles. The molecule has 2 aromatic carbocycles. The van der Waals surface area contributed by atoms with Crippen LogP contribution in [0.5, 0.6) is 0 Å². The first-order valence-electron chi connectivity index (χ1n) is 8.01. The number of ether oxygens (including phenoxy) is 1. The highest BCUT2D eigenvalue weighted by atomic mass is 16.5. The fourth-order valence-electron chi connectivity index (χ4n) is 2.68. The second kappa shape index (κ2) is 6.71. The Morgan fingerprint density at radius 1 is 1.04 bits per heavy atom. The van der Waals surface area contributed by atoms with Crippen LogP contribution in [-0.2, 0) is 4.74 Å². The van der Waals surface area contributed by atoms with Crippen LogP contribution in [0.15, 0.2) is 54.6 Å². The van der Waals surface area contributed by atoms with Gasteiger partial charge >= 0.3 is 5.97 Å². The zero-order valence-electron chi connectivity index (χ0n) is 14.1. The minimum Gasteiger partial charge on any atom is -0.461 e. The first kappa shape index (κ1) is 16.0. The Morgan fingerprint density at radius 3 is 2.33 bits per heavy atom. The molecule has 1 aromatic heterocycles. The van der Waals surface area contributed by atoms with Gasteiger partial charge in [0.15, 0.2) is 5.69 Å². The Hall–Kier alpha value is -2.88. The van der Waals surface area contributed by atoms with Crippen LogP contribution in [0.1, 0.15) is 28.5 Å². The summed E-state index contributed by atoms with van der Waals surface area (Å²) < 4.78 is 6.92. The number of nitrogens with zero attached hydrogens (tertiary/aromatic N) is 2. The van der Waals surface area contributed by atoms with E-state index >= 15 is 0 Å². The number of aromatic nitrogens is 2. The lowest BCUT2D eigenvalue weighted by molar-refractivity contribution is 0.0515. The minimum absolute atomic E-state index is 0.331. The molecular formula is C20H20N2O2. The van der Waals surface area contributed by atoms with Gasteiger partial charge in [-0.3, -0.25) is 0 Å². The van der Waals surface area contributed by atoms with Crippen LogP contribution in [0.4, 0.5) is 0 Å². The van der Waals surface area contributed by atoms with Crippen molar-refractivity contribution in [2.24, 2.45) is 0 Å². The standard InChI is InChI=1S/C20H20N2O2/c1-4-24-20(23)19-15(3)18(16-8-6-5-7-9-16)21-22(19)17-12-10-14(2)11-13-17/h5-13H,4H2,1-3H3. The summed E-state index contributed by atoms with van der Waals surface area (Å²) >= 11 is 0. The van der Waals surface area contributed by atoms with Crippen molar-refractivity contribution in [2.75, 3.05) is 6.61 Å². The topological polar surface area (TPSA) is 44.1 Å². The number of carbonyl (C=O) groups is 1. The van der Waals surface area contributed by atoms with Crippen molar-refractivity contribution >= 4 is 5.97 Å². The van der Waals surface area contributed by atoms with Crippen molar-refractivity contribution in [1.29, 1.82) is 0 Å². The minimum atomic E-state index is -0.356. The van der Waals surface area contributed by atoms with E-state index in [4.69, 9.17) is 9.84 Å². The molecule has 4 nitrogen and oxygen atoms in total. The third kappa shape index (κ3) is 2.95. The molecule has 3 aromatic rings. The van der Waals surface area contributed by atoms with E-state index in [0.717, 1.165) is 28.1 Å². The molecule has 0 N–H and O–H groups in total. The van der Waals surface area contributed by atoms with E-state index in [0.29, 0.717) is 12.3 Å². The first-order chi connectivity index (χ1) is 11.6. The molecule has 0 saturated heterocycles. The number of esters is 1. The second-order valence-electron chi connectivity index (χ2n) is 5.66. The molecule has 24 heavy (non-hydrogen) atoms. The molecule has 0 aliphatic carbocycles. The Balaban J connectivity index is 2.19. The molecule has 0 bridgehead atoms. The number of carbonyl (C=O) groups excluding carboxylic acids is 1.